The van der Waals surface area contributed by atoms with Crippen molar-refractivity contribution in [2.45, 2.75) is 33.2 Å². The molecule has 0 atom stereocenters. The Morgan fingerprint density at radius 2 is 1.96 bits per heavy atom. The zero-order valence-corrected chi connectivity index (χ0v) is 16.9. The molecule has 0 saturated carbocycles. The second-order valence-corrected chi connectivity index (χ2v) is 7.59. The molecule has 28 heavy (non-hydrogen) atoms. The van der Waals surface area contributed by atoms with Gasteiger partial charge in [-0.15, -0.1) is 0 Å². The first kappa shape index (κ1) is 18.7. The second-order valence-electron chi connectivity index (χ2n) is 7.59. The second kappa shape index (κ2) is 8.61. The monoisotopic (exact) mass is 378 g/mol. The highest BCUT2D eigenvalue weighted by Crippen LogP contribution is 2.23. The molecule has 148 valence electrons. The summed E-state index contributed by atoms with van der Waals surface area (Å²) in [5.74, 6) is 0. The largest absolute Gasteiger partial charge is 0.385 e. The van der Waals surface area contributed by atoms with Gasteiger partial charge < -0.3 is 20.9 Å². The summed E-state index contributed by atoms with van der Waals surface area (Å²) in [6, 6.07) is 4.44. The van der Waals surface area contributed by atoms with Crippen molar-refractivity contribution in [3.63, 3.8) is 0 Å². The molecule has 0 bridgehead atoms. The molecule has 0 radical (unpaired) electrons. The van der Waals surface area contributed by atoms with Crippen molar-refractivity contribution in [2.75, 3.05) is 32.7 Å². The van der Waals surface area contributed by atoms with Gasteiger partial charge in [0, 0.05) is 57.9 Å². The Balaban J connectivity index is 1.55. The van der Waals surface area contributed by atoms with Crippen LogP contribution in [-0.4, -0.2) is 47.6 Å². The zero-order chi connectivity index (χ0) is 19.3. The van der Waals surface area contributed by atoms with Crippen molar-refractivity contribution in [1.29, 1.82) is 0 Å². The maximum absolute atomic E-state index is 4.55. The highest BCUT2D eigenvalue weighted by atomic mass is 15.2. The van der Waals surface area contributed by atoms with E-state index < -0.39 is 0 Å². The molecule has 2 aromatic rings. The summed E-state index contributed by atoms with van der Waals surface area (Å²) in [6.45, 7) is 10.3. The van der Waals surface area contributed by atoms with Gasteiger partial charge in [-0.05, 0) is 36.1 Å². The fraction of sp³-hybridized carbons (Fsp3) is 0.455. The summed E-state index contributed by atoms with van der Waals surface area (Å²) in [6.07, 6.45) is 7.81. The van der Waals surface area contributed by atoms with E-state index in [0.717, 1.165) is 63.1 Å². The van der Waals surface area contributed by atoms with Gasteiger partial charge in [-0.2, -0.15) is 0 Å². The van der Waals surface area contributed by atoms with Gasteiger partial charge in [-0.25, -0.2) is 0 Å². The lowest BCUT2D eigenvalue weighted by Crippen LogP contribution is -2.45. The minimum atomic E-state index is 0.777. The summed E-state index contributed by atoms with van der Waals surface area (Å²) < 4.78 is 0. The molecule has 3 N–H and O–H groups in total. The number of hydrogen-bond acceptors (Lipinski definition) is 6. The molecule has 1 fully saturated rings. The van der Waals surface area contributed by atoms with E-state index in [4.69, 9.17) is 0 Å². The van der Waals surface area contributed by atoms with Crippen molar-refractivity contribution >= 4 is 11.0 Å². The number of fused-ring (bicyclic) bond motifs is 1. The third kappa shape index (κ3) is 3.97. The number of piperazine rings is 1. The molecular weight excluding hydrogens is 348 g/mol. The number of benzene rings is 1. The van der Waals surface area contributed by atoms with E-state index in [0.29, 0.717) is 0 Å². The number of rotatable bonds is 6. The van der Waals surface area contributed by atoms with Gasteiger partial charge in [0.1, 0.15) is 0 Å². The van der Waals surface area contributed by atoms with Crippen LogP contribution in [0.1, 0.15) is 31.4 Å². The molecule has 0 aliphatic carbocycles. The van der Waals surface area contributed by atoms with Gasteiger partial charge in [0.15, 0.2) is 0 Å². The van der Waals surface area contributed by atoms with Gasteiger partial charge in [0.2, 0.25) is 0 Å². The third-order valence-corrected chi connectivity index (χ3v) is 5.42. The van der Waals surface area contributed by atoms with Crippen LogP contribution in [0.5, 0.6) is 0 Å². The Morgan fingerprint density at radius 3 is 2.79 bits per heavy atom. The molecule has 1 aromatic heterocycles. The Morgan fingerprint density at radius 1 is 1.14 bits per heavy atom. The molecule has 6 nitrogen and oxygen atoms in total. The van der Waals surface area contributed by atoms with Gasteiger partial charge in [-0.1, -0.05) is 19.4 Å². The molecule has 4 rings (SSSR count). The molecule has 2 aliphatic heterocycles. The lowest BCUT2D eigenvalue weighted by atomic mass is 10.0. The number of nitrogens with one attached hydrogen (secondary N) is 3. The maximum Gasteiger partial charge on any atom is 0.0918 e. The van der Waals surface area contributed by atoms with Crippen LogP contribution in [0.4, 0.5) is 0 Å². The Hall–Kier alpha value is -2.60. The minimum absolute atomic E-state index is 0.777. The molecule has 2 aliphatic rings. The minimum Gasteiger partial charge on any atom is -0.385 e. The Bertz CT molecular complexity index is 895. The summed E-state index contributed by atoms with van der Waals surface area (Å²) in [7, 11) is 0. The molecule has 6 heteroatoms. The molecule has 1 saturated heterocycles. The topological polar surface area (TPSA) is 65.1 Å². The van der Waals surface area contributed by atoms with E-state index in [1.807, 2.05) is 0 Å². The first-order valence-electron chi connectivity index (χ1n) is 10.3. The van der Waals surface area contributed by atoms with E-state index in [1.54, 1.807) is 12.4 Å². The number of dihydropyridines is 1. The average molecular weight is 379 g/mol. The van der Waals surface area contributed by atoms with Crippen molar-refractivity contribution in [1.82, 2.24) is 30.8 Å². The summed E-state index contributed by atoms with van der Waals surface area (Å²) >= 11 is 0. The van der Waals surface area contributed by atoms with Crippen molar-refractivity contribution in [3.8, 4) is 0 Å². The quantitative estimate of drug-likeness (QED) is 0.717. The van der Waals surface area contributed by atoms with Gasteiger partial charge in [0.05, 0.1) is 22.4 Å². The van der Waals surface area contributed by atoms with Crippen molar-refractivity contribution in [3.05, 3.63) is 58.8 Å². The smallest absolute Gasteiger partial charge is 0.0918 e. The van der Waals surface area contributed by atoms with E-state index in [1.165, 1.54) is 28.1 Å². The van der Waals surface area contributed by atoms with E-state index >= 15 is 0 Å². The van der Waals surface area contributed by atoms with Crippen molar-refractivity contribution < 1.29 is 0 Å². The standard InChI is InChI=1S/C22H30N6/c1-3-4-18-11-17(12-19-21(18)26-6-5-25-19)14-27-20-15-24-13-16(2)22(20)28-9-7-23-8-10-28/h5-6,11-12,15,23-24,27H,3-4,7-10,13-14H2,1-2H3. The van der Waals surface area contributed by atoms with E-state index in [2.05, 4.69) is 63.0 Å². The normalized spacial score (nSPS) is 17.5. The molecule has 0 spiro atoms. The van der Waals surface area contributed by atoms with E-state index in [-0.39, 0.29) is 0 Å². The molecule has 0 unspecified atom stereocenters. The van der Waals surface area contributed by atoms with Crippen LogP contribution in [0.2, 0.25) is 0 Å². The molecule has 0 amide bonds. The maximum atomic E-state index is 4.55. The van der Waals surface area contributed by atoms with Crippen LogP contribution in [0.15, 0.2) is 47.7 Å². The number of aromatic nitrogens is 2. The SMILES string of the molecule is CCCc1cc(CNC2=CNCC(C)=C2N2CCNCC2)cc2nccnc12. The third-order valence-electron chi connectivity index (χ3n) is 5.42. The van der Waals surface area contributed by atoms with Crippen LogP contribution < -0.4 is 16.0 Å². The highest BCUT2D eigenvalue weighted by Gasteiger charge is 2.21. The lowest BCUT2D eigenvalue weighted by Gasteiger charge is -2.36. The van der Waals surface area contributed by atoms with Crippen LogP contribution in [0.3, 0.4) is 0 Å². The van der Waals surface area contributed by atoms with Crippen LogP contribution in [0, 0.1) is 0 Å². The Kier molecular flexibility index (Phi) is 5.76. The first-order valence-corrected chi connectivity index (χ1v) is 10.3. The molecular formula is C22H30N6. The van der Waals surface area contributed by atoms with Gasteiger partial charge in [0.25, 0.3) is 0 Å². The first-order chi connectivity index (χ1) is 13.8. The summed E-state index contributed by atoms with van der Waals surface area (Å²) in [4.78, 5) is 11.6. The van der Waals surface area contributed by atoms with Gasteiger partial charge >= 0.3 is 0 Å². The predicted octanol–water partition coefficient (Wildman–Crippen LogP) is 2.30. The molecule has 3 heterocycles. The van der Waals surface area contributed by atoms with Crippen LogP contribution in [0.25, 0.3) is 11.0 Å². The highest BCUT2D eigenvalue weighted by molar-refractivity contribution is 5.78. The van der Waals surface area contributed by atoms with Crippen LogP contribution in [-0.2, 0) is 13.0 Å². The summed E-state index contributed by atoms with van der Waals surface area (Å²) in [5, 5.41) is 10.5. The average Bonchev–Trinajstić information content (AvgIpc) is 2.73. The Labute approximate surface area is 167 Å². The molecule has 1 aromatic carbocycles. The lowest BCUT2D eigenvalue weighted by molar-refractivity contribution is 0.296. The summed E-state index contributed by atoms with van der Waals surface area (Å²) in [5.41, 5.74) is 8.48. The fourth-order valence-electron chi connectivity index (χ4n) is 4.12. The zero-order valence-electron chi connectivity index (χ0n) is 16.9. The number of nitrogens with zero attached hydrogens (tertiary/aromatic N) is 3. The predicted molar refractivity (Wildman–Crippen MR) is 114 cm³/mol. The number of aryl methyl sites for hydroxylation is 1. The fourth-order valence-corrected chi connectivity index (χ4v) is 4.12. The van der Waals surface area contributed by atoms with Crippen LogP contribution >= 0.6 is 0 Å². The number of hydrogen-bond donors (Lipinski definition) is 3. The van der Waals surface area contributed by atoms with Crippen molar-refractivity contribution in [2.24, 2.45) is 0 Å². The van der Waals surface area contributed by atoms with E-state index in [9.17, 15) is 0 Å². The van der Waals surface area contributed by atoms with Gasteiger partial charge in [-0.3, -0.25) is 9.97 Å².